The summed E-state index contributed by atoms with van der Waals surface area (Å²) in [5.41, 5.74) is 1.32. The second kappa shape index (κ2) is 14.0. The average Bonchev–Trinajstić information content (AvgIpc) is 3.25. The molecule has 1 atom stereocenters. The molecule has 2 aliphatic heterocycles. The predicted molar refractivity (Wildman–Crippen MR) is 131 cm³/mol. The van der Waals surface area contributed by atoms with Crippen molar-refractivity contribution in [2.24, 2.45) is 10.9 Å². The summed E-state index contributed by atoms with van der Waals surface area (Å²) < 4.78 is 11.1. The minimum absolute atomic E-state index is 0. The Kier molecular flexibility index (Phi) is 11.7. The summed E-state index contributed by atoms with van der Waals surface area (Å²) in [6.45, 7) is 9.29. The van der Waals surface area contributed by atoms with Crippen molar-refractivity contribution < 1.29 is 9.47 Å². The van der Waals surface area contributed by atoms with Crippen LogP contribution < -0.4 is 15.5 Å². The number of para-hydroxylation sites is 1. The fourth-order valence-corrected chi connectivity index (χ4v) is 3.76. The van der Waals surface area contributed by atoms with Gasteiger partial charge in [-0.3, -0.25) is 4.99 Å². The number of hydrogen-bond donors (Lipinski definition) is 2. The van der Waals surface area contributed by atoms with Crippen LogP contribution in [0.15, 0.2) is 35.3 Å². The zero-order valence-corrected chi connectivity index (χ0v) is 20.0. The highest BCUT2D eigenvalue weighted by Gasteiger charge is 2.20. The van der Waals surface area contributed by atoms with Crippen molar-refractivity contribution >= 4 is 35.6 Å². The monoisotopic (exact) mass is 516 g/mol. The topological polar surface area (TPSA) is 58.1 Å². The molecule has 164 valence electrons. The van der Waals surface area contributed by atoms with Gasteiger partial charge in [-0.25, -0.2) is 0 Å². The number of nitrogens with one attached hydrogen (secondary N) is 2. The van der Waals surface area contributed by atoms with Gasteiger partial charge in [0, 0.05) is 57.0 Å². The van der Waals surface area contributed by atoms with Gasteiger partial charge in [0.1, 0.15) is 0 Å². The summed E-state index contributed by atoms with van der Waals surface area (Å²) in [5.74, 6) is 1.52. The lowest BCUT2D eigenvalue weighted by atomic mass is 10.0. The molecule has 2 aliphatic rings. The minimum Gasteiger partial charge on any atom is -0.381 e. The number of piperidine rings is 1. The zero-order valence-electron chi connectivity index (χ0n) is 17.6. The Morgan fingerprint density at radius 1 is 1.21 bits per heavy atom. The number of hydrogen-bond acceptors (Lipinski definition) is 4. The lowest BCUT2D eigenvalue weighted by molar-refractivity contribution is 0.0893. The van der Waals surface area contributed by atoms with Gasteiger partial charge < -0.3 is 25.0 Å². The molecule has 1 unspecified atom stereocenters. The highest BCUT2D eigenvalue weighted by molar-refractivity contribution is 14.0. The van der Waals surface area contributed by atoms with Gasteiger partial charge >= 0.3 is 0 Å². The Balaban J connectivity index is 0.00000300. The van der Waals surface area contributed by atoms with Gasteiger partial charge in [-0.1, -0.05) is 18.2 Å². The molecule has 0 amide bonds. The number of aliphatic imine (C=N–C) groups is 1. The lowest BCUT2D eigenvalue weighted by Gasteiger charge is -2.34. The van der Waals surface area contributed by atoms with Crippen molar-refractivity contribution in [2.45, 2.75) is 38.6 Å². The average molecular weight is 516 g/mol. The predicted octanol–water partition coefficient (Wildman–Crippen LogP) is 3.27. The molecule has 2 saturated heterocycles. The third kappa shape index (κ3) is 8.68. The maximum absolute atomic E-state index is 5.77. The summed E-state index contributed by atoms with van der Waals surface area (Å²) in [6, 6.07) is 11.2. The van der Waals surface area contributed by atoms with Crippen LogP contribution in [0.5, 0.6) is 0 Å². The van der Waals surface area contributed by atoms with Gasteiger partial charge in [-0.2, -0.15) is 0 Å². The highest BCUT2D eigenvalue weighted by Crippen LogP contribution is 2.19. The third-order valence-electron chi connectivity index (χ3n) is 5.40. The van der Waals surface area contributed by atoms with E-state index < -0.39 is 0 Å². The molecule has 2 N–H and O–H groups in total. The molecule has 2 heterocycles. The molecule has 1 aromatic rings. The first-order valence-corrected chi connectivity index (χ1v) is 10.9. The lowest BCUT2D eigenvalue weighted by Crippen LogP contribution is -2.48. The fourth-order valence-electron chi connectivity index (χ4n) is 3.76. The van der Waals surface area contributed by atoms with Crippen LogP contribution in [0.3, 0.4) is 0 Å². The number of anilines is 1. The van der Waals surface area contributed by atoms with Crippen LogP contribution in [0.4, 0.5) is 5.69 Å². The highest BCUT2D eigenvalue weighted by atomic mass is 127. The van der Waals surface area contributed by atoms with E-state index in [1.54, 1.807) is 0 Å². The molecule has 0 aliphatic carbocycles. The largest absolute Gasteiger partial charge is 0.381 e. The Labute approximate surface area is 192 Å². The Morgan fingerprint density at radius 3 is 2.69 bits per heavy atom. The van der Waals surface area contributed by atoms with E-state index >= 15 is 0 Å². The van der Waals surface area contributed by atoms with Crippen LogP contribution >= 0.6 is 24.0 Å². The van der Waals surface area contributed by atoms with Crippen LogP contribution in [0.1, 0.15) is 32.6 Å². The molecule has 0 radical (unpaired) electrons. The van der Waals surface area contributed by atoms with Crippen molar-refractivity contribution in [3.63, 3.8) is 0 Å². The van der Waals surface area contributed by atoms with Gasteiger partial charge in [0.15, 0.2) is 5.96 Å². The number of ether oxygens (including phenoxy) is 2. The molecule has 29 heavy (non-hydrogen) atoms. The van der Waals surface area contributed by atoms with E-state index in [-0.39, 0.29) is 24.0 Å². The van der Waals surface area contributed by atoms with Crippen LogP contribution in [0.2, 0.25) is 0 Å². The molecule has 3 rings (SSSR count). The van der Waals surface area contributed by atoms with E-state index in [1.807, 2.05) is 0 Å². The second-order valence-corrected chi connectivity index (χ2v) is 7.66. The fraction of sp³-hybridized carbons (Fsp3) is 0.682. The summed E-state index contributed by atoms with van der Waals surface area (Å²) in [4.78, 5) is 7.20. The van der Waals surface area contributed by atoms with Crippen LogP contribution in [-0.2, 0) is 9.47 Å². The molecule has 0 spiro atoms. The van der Waals surface area contributed by atoms with E-state index in [2.05, 4.69) is 52.8 Å². The first-order chi connectivity index (χ1) is 13.8. The Hall–Kier alpha value is -1.06. The summed E-state index contributed by atoms with van der Waals surface area (Å²) in [6.07, 6.45) is 4.35. The quantitative estimate of drug-likeness (QED) is 0.229. The molecule has 1 aromatic carbocycles. The van der Waals surface area contributed by atoms with Crippen molar-refractivity contribution in [1.29, 1.82) is 0 Å². The summed E-state index contributed by atoms with van der Waals surface area (Å²) in [5, 5.41) is 7.00. The number of guanidine groups is 1. The second-order valence-electron chi connectivity index (χ2n) is 7.66. The van der Waals surface area contributed by atoms with Gasteiger partial charge in [-0.15, -0.1) is 24.0 Å². The SMILES string of the molecule is CCNC(=NCCCOCC1CCOC1)NC1CCN(c2ccccc2)CC1.I. The van der Waals surface area contributed by atoms with E-state index in [0.717, 1.165) is 84.2 Å². The Bertz CT molecular complexity index is 573. The number of halogens is 1. The number of nitrogens with zero attached hydrogens (tertiary/aromatic N) is 2. The summed E-state index contributed by atoms with van der Waals surface area (Å²) in [7, 11) is 0. The third-order valence-corrected chi connectivity index (χ3v) is 5.40. The minimum atomic E-state index is 0. The molecule has 0 bridgehead atoms. The molecule has 0 aromatic heterocycles. The molecular weight excluding hydrogens is 479 g/mol. The Morgan fingerprint density at radius 2 is 2.00 bits per heavy atom. The maximum Gasteiger partial charge on any atom is 0.191 e. The van der Waals surface area contributed by atoms with E-state index in [4.69, 9.17) is 14.5 Å². The van der Waals surface area contributed by atoms with Gasteiger partial charge in [-0.05, 0) is 44.7 Å². The van der Waals surface area contributed by atoms with Crippen LogP contribution in [-0.4, -0.2) is 64.6 Å². The molecule has 0 saturated carbocycles. The smallest absolute Gasteiger partial charge is 0.191 e. The molecule has 6 nitrogen and oxygen atoms in total. The van der Waals surface area contributed by atoms with Crippen molar-refractivity contribution in [2.75, 3.05) is 57.5 Å². The van der Waals surface area contributed by atoms with Gasteiger partial charge in [0.2, 0.25) is 0 Å². The van der Waals surface area contributed by atoms with E-state index in [9.17, 15) is 0 Å². The van der Waals surface area contributed by atoms with Crippen molar-refractivity contribution in [1.82, 2.24) is 10.6 Å². The maximum atomic E-state index is 5.77. The summed E-state index contributed by atoms with van der Waals surface area (Å²) >= 11 is 0. The van der Waals surface area contributed by atoms with E-state index in [1.165, 1.54) is 5.69 Å². The van der Waals surface area contributed by atoms with Crippen LogP contribution in [0, 0.1) is 5.92 Å². The normalized spacial score (nSPS) is 20.4. The molecule has 7 heteroatoms. The van der Waals surface area contributed by atoms with Crippen LogP contribution in [0.25, 0.3) is 0 Å². The van der Waals surface area contributed by atoms with Gasteiger partial charge in [0.05, 0.1) is 13.2 Å². The van der Waals surface area contributed by atoms with E-state index in [0.29, 0.717) is 12.0 Å². The standard InChI is InChI=1S/C22H36N4O2.HI/c1-2-23-22(24-12-6-15-27-17-19-11-16-28-18-19)25-20-9-13-26(14-10-20)21-7-4-3-5-8-21;/h3-5,7-8,19-20H,2,6,9-18H2,1H3,(H2,23,24,25);1H. The zero-order chi connectivity index (χ0) is 19.4. The molecule has 2 fully saturated rings. The molecular formula is C22H37IN4O2. The number of benzene rings is 1. The first kappa shape index (κ1) is 24.2. The first-order valence-electron chi connectivity index (χ1n) is 10.9. The van der Waals surface area contributed by atoms with Gasteiger partial charge in [0.25, 0.3) is 0 Å². The number of rotatable bonds is 9. The van der Waals surface area contributed by atoms with Crippen molar-refractivity contribution in [3.8, 4) is 0 Å². The van der Waals surface area contributed by atoms with Crippen molar-refractivity contribution in [3.05, 3.63) is 30.3 Å².